The van der Waals surface area contributed by atoms with Crippen LogP contribution in [0, 0.1) is 5.41 Å². The van der Waals surface area contributed by atoms with Gasteiger partial charge in [0.15, 0.2) is 0 Å². The number of carbonyl (C=O) groups excluding carboxylic acids is 1. The zero-order chi connectivity index (χ0) is 11.3. The Balaban J connectivity index is 2.20. The van der Waals surface area contributed by atoms with E-state index in [4.69, 9.17) is 4.74 Å². The van der Waals surface area contributed by atoms with Crippen molar-refractivity contribution in [1.29, 1.82) is 0 Å². The van der Waals surface area contributed by atoms with Crippen LogP contribution in [0.4, 0.5) is 0 Å². The van der Waals surface area contributed by atoms with Gasteiger partial charge in [-0.25, -0.2) is 0 Å². The lowest BCUT2D eigenvalue weighted by atomic mass is 9.65. The average Bonchev–Trinajstić information content (AvgIpc) is 2.70. The van der Waals surface area contributed by atoms with Crippen molar-refractivity contribution in [3.8, 4) is 0 Å². The van der Waals surface area contributed by atoms with Crippen LogP contribution in [0.5, 0.6) is 0 Å². The van der Waals surface area contributed by atoms with Gasteiger partial charge in [-0.3, -0.25) is 0 Å². The van der Waals surface area contributed by atoms with Crippen molar-refractivity contribution in [2.24, 2.45) is 5.41 Å². The highest BCUT2D eigenvalue weighted by atomic mass is 16.6. The zero-order valence-corrected chi connectivity index (χ0v) is 10.1. The first-order valence-electron chi connectivity index (χ1n) is 5.70. The lowest BCUT2D eigenvalue weighted by Gasteiger charge is -2.35. The van der Waals surface area contributed by atoms with Crippen molar-refractivity contribution in [3.05, 3.63) is 12.2 Å². The van der Waals surface area contributed by atoms with Crippen LogP contribution >= 0.6 is 0 Å². The molecule has 0 bridgehead atoms. The second kappa shape index (κ2) is 2.94. The Morgan fingerprint density at radius 2 is 2.07 bits per heavy atom. The first-order valence-corrected chi connectivity index (χ1v) is 5.70. The molecule has 2 nitrogen and oxygen atoms in total. The predicted molar refractivity (Wildman–Crippen MR) is 59.7 cm³/mol. The summed E-state index contributed by atoms with van der Waals surface area (Å²) in [5, 5.41) is 0. The Labute approximate surface area is 91.7 Å². The van der Waals surface area contributed by atoms with Crippen LogP contribution in [0.3, 0.4) is 0 Å². The standard InChI is InChI=1S/C13H20O2/c1-10(14)6-9-13-11(2,3)7-5-8-12(13,4)15-13/h5,8H,6-7,9H2,1-4H3. The second-order valence-electron chi connectivity index (χ2n) is 5.73. The minimum atomic E-state index is -0.121. The van der Waals surface area contributed by atoms with Gasteiger partial charge in [-0.2, -0.15) is 0 Å². The minimum Gasteiger partial charge on any atom is -0.358 e. The SMILES string of the molecule is CC(=O)CCC12OC1(C)C=CCC2(C)C. The molecule has 1 fully saturated rings. The lowest BCUT2D eigenvalue weighted by Crippen LogP contribution is -2.40. The molecule has 0 saturated carbocycles. The highest BCUT2D eigenvalue weighted by Crippen LogP contribution is 2.64. The molecular weight excluding hydrogens is 188 g/mol. The van der Waals surface area contributed by atoms with Gasteiger partial charge in [-0.05, 0) is 26.7 Å². The quantitative estimate of drug-likeness (QED) is 0.527. The maximum Gasteiger partial charge on any atom is 0.129 e. The van der Waals surface area contributed by atoms with Gasteiger partial charge in [0.25, 0.3) is 0 Å². The summed E-state index contributed by atoms with van der Waals surface area (Å²) in [7, 11) is 0. The topological polar surface area (TPSA) is 29.6 Å². The van der Waals surface area contributed by atoms with Gasteiger partial charge in [0.05, 0.1) is 0 Å². The maximum absolute atomic E-state index is 11.1. The molecule has 2 unspecified atom stereocenters. The number of ketones is 1. The normalized spacial score (nSPS) is 41.1. The molecule has 0 aromatic rings. The van der Waals surface area contributed by atoms with Crippen molar-refractivity contribution in [1.82, 2.24) is 0 Å². The molecule has 1 saturated heterocycles. The molecule has 0 spiro atoms. The molecule has 1 aliphatic heterocycles. The van der Waals surface area contributed by atoms with E-state index in [1.54, 1.807) is 6.92 Å². The Bertz CT molecular complexity index is 329. The molecule has 0 N–H and O–H groups in total. The number of rotatable bonds is 3. The number of fused-ring (bicyclic) bond motifs is 1. The first-order chi connectivity index (χ1) is 6.83. The lowest BCUT2D eigenvalue weighted by molar-refractivity contribution is -0.117. The van der Waals surface area contributed by atoms with Crippen molar-refractivity contribution < 1.29 is 9.53 Å². The summed E-state index contributed by atoms with van der Waals surface area (Å²) in [5.74, 6) is 0.257. The van der Waals surface area contributed by atoms with Gasteiger partial charge in [-0.1, -0.05) is 26.0 Å². The molecule has 0 radical (unpaired) electrons. The number of hydrogen-bond donors (Lipinski definition) is 0. The van der Waals surface area contributed by atoms with Crippen LogP contribution in [0.1, 0.15) is 47.0 Å². The molecule has 0 aromatic heterocycles. The Morgan fingerprint density at radius 1 is 1.40 bits per heavy atom. The molecule has 0 amide bonds. The number of carbonyl (C=O) groups is 1. The third-order valence-corrected chi connectivity index (χ3v) is 4.13. The first kappa shape index (κ1) is 10.9. The molecule has 2 heteroatoms. The number of allylic oxidation sites excluding steroid dienone is 1. The van der Waals surface area contributed by atoms with Crippen LogP contribution in [0.25, 0.3) is 0 Å². The summed E-state index contributed by atoms with van der Waals surface area (Å²) >= 11 is 0. The molecule has 15 heavy (non-hydrogen) atoms. The van der Waals surface area contributed by atoms with E-state index in [9.17, 15) is 4.79 Å². The van der Waals surface area contributed by atoms with Crippen molar-refractivity contribution in [2.45, 2.75) is 58.2 Å². The minimum absolute atomic E-state index is 0.0968. The summed E-state index contributed by atoms with van der Waals surface area (Å²) in [5.41, 5.74) is -0.0728. The van der Waals surface area contributed by atoms with Crippen LogP contribution in [0.15, 0.2) is 12.2 Å². The molecule has 2 atom stereocenters. The molecule has 84 valence electrons. The fourth-order valence-electron chi connectivity index (χ4n) is 3.05. The highest BCUT2D eigenvalue weighted by molar-refractivity contribution is 5.75. The predicted octanol–water partition coefficient (Wildman–Crippen LogP) is 2.87. The van der Waals surface area contributed by atoms with Gasteiger partial charge in [0.1, 0.15) is 17.0 Å². The maximum atomic E-state index is 11.1. The van der Waals surface area contributed by atoms with E-state index < -0.39 is 0 Å². The van der Waals surface area contributed by atoms with Crippen molar-refractivity contribution in [3.63, 3.8) is 0 Å². The van der Waals surface area contributed by atoms with Crippen LogP contribution in [-0.4, -0.2) is 17.0 Å². The molecular formula is C13H20O2. The van der Waals surface area contributed by atoms with Crippen LogP contribution in [-0.2, 0) is 9.53 Å². The summed E-state index contributed by atoms with van der Waals surface area (Å²) in [6.07, 6.45) is 6.90. The largest absolute Gasteiger partial charge is 0.358 e. The average molecular weight is 208 g/mol. The fraction of sp³-hybridized carbons (Fsp3) is 0.769. The van der Waals surface area contributed by atoms with Crippen molar-refractivity contribution >= 4 is 5.78 Å². The summed E-state index contributed by atoms with van der Waals surface area (Å²) in [6.45, 7) is 8.26. The molecule has 2 rings (SSSR count). The molecule has 2 aliphatic rings. The van der Waals surface area contributed by atoms with Gasteiger partial charge in [0, 0.05) is 11.8 Å². The third-order valence-electron chi connectivity index (χ3n) is 4.13. The van der Waals surface area contributed by atoms with E-state index in [-0.39, 0.29) is 22.4 Å². The van der Waals surface area contributed by atoms with E-state index in [0.29, 0.717) is 6.42 Å². The van der Waals surface area contributed by atoms with E-state index in [1.807, 2.05) is 0 Å². The summed E-state index contributed by atoms with van der Waals surface area (Å²) in [4.78, 5) is 11.1. The monoisotopic (exact) mass is 208 g/mol. The fourth-order valence-corrected chi connectivity index (χ4v) is 3.05. The zero-order valence-electron chi connectivity index (χ0n) is 10.1. The second-order valence-corrected chi connectivity index (χ2v) is 5.73. The number of ether oxygens (including phenoxy) is 1. The number of epoxide rings is 1. The van der Waals surface area contributed by atoms with E-state index in [1.165, 1.54) is 0 Å². The van der Waals surface area contributed by atoms with Gasteiger partial charge < -0.3 is 9.53 Å². The summed E-state index contributed by atoms with van der Waals surface area (Å²) in [6, 6.07) is 0. The Kier molecular flexibility index (Phi) is 2.13. The summed E-state index contributed by atoms with van der Waals surface area (Å²) < 4.78 is 5.98. The van der Waals surface area contributed by atoms with Gasteiger partial charge in [0.2, 0.25) is 0 Å². The van der Waals surface area contributed by atoms with Gasteiger partial charge in [-0.15, -0.1) is 0 Å². The van der Waals surface area contributed by atoms with E-state index in [0.717, 1.165) is 12.8 Å². The van der Waals surface area contributed by atoms with Crippen LogP contribution < -0.4 is 0 Å². The number of Topliss-reactive ketones (excluding diaryl/α,β-unsaturated/α-hetero) is 1. The van der Waals surface area contributed by atoms with Crippen molar-refractivity contribution in [2.75, 3.05) is 0 Å². The van der Waals surface area contributed by atoms with Gasteiger partial charge >= 0.3 is 0 Å². The highest BCUT2D eigenvalue weighted by Gasteiger charge is 2.72. The molecule has 1 aliphatic carbocycles. The molecule has 1 heterocycles. The van der Waals surface area contributed by atoms with E-state index >= 15 is 0 Å². The molecule has 0 aromatic carbocycles. The Morgan fingerprint density at radius 3 is 2.60 bits per heavy atom. The number of hydrogen-bond acceptors (Lipinski definition) is 2. The van der Waals surface area contributed by atoms with Crippen LogP contribution in [0.2, 0.25) is 0 Å². The van der Waals surface area contributed by atoms with E-state index in [2.05, 4.69) is 32.9 Å². The Hall–Kier alpha value is -0.630. The smallest absolute Gasteiger partial charge is 0.129 e. The third kappa shape index (κ3) is 1.38.